The fraction of sp³-hybridized carbons (Fsp3) is 0.182. The van der Waals surface area contributed by atoms with Gasteiger partial charge in [0.05, 0.1) is 27.6 Å². The van der Waals surface area contributed by atoms with Crippen LogP contribution in [-0.2, 0) is 0 Å². The van der Waals surface area contributed by atoms with E-state index in [1.807, 2.05) is 43.6 Å². The first-order chi connectivity index (χ1) is 15.2. The minimum Gasteiger partial charge on any atom is -0.386 e. The maximum absolute atomic E-state index is 6.08. The molecule has 1 fully saturated rings. The van der Waals surface area contributed by atoms with Crippen LogP contribution in [-0.4, -0.2) is 51.1 Å². The predicted molar refractivity (Wildman–Crippen MR) is 125 cm³/mol. The van der Waals surface area contributed by atoms with Crippen molar-refractivity contribution in [1.82, 2.24) is 24.9 Å². The minimum absolute atomic E-state index is 0.176. The van der Waals surface area contributed by atoms with Crippen LogP contribution in [0.15, 0.2) is 58.8 Å². The number of nitrogens with two attached hydrogens (primary N) is 1. The molecule has 0 atom stereocenters. The zero-order valence-electron chi connectivity index (χ0n) is 16.8. The molecule has 1 saturated heterocycles. The predicted octanol–water partition coefficient (Wildman–Crippen LogP) is 3.39. The molecule has 31 heavy (non-hydrogen) atoms. The molecule has 0 bridgehead atoms. The Kier molecular flexibility index (Phi) is 4.18. The molecule has 0 amide bonds. The van der Waals surface area contributed by atoms with Gasteiger partial charge in [0, 0.05) is 48.9 Å². The molecule has 6 rings (SSSR count). The third-order valence-electron chi connectivity index (χ3n) is 5.56. The number of para-hydroxylation sites is 1. The van der Waals surface area contributed by atoms with Crippen LogP contribution in [0.2, 0.25) is 0 Å². The van der Waals surface area contributed by atoms with Crippen molar-refractivity contribution in [2.24, 2.45) is 5.73 Å². The van der Waals surface area contributed by atoms with E-state index in [-0.39, 0.29) is 6.04 Å². The van der Waals surface area contributed by atoms with Crippen molar-refractivity contribution in [1.29, 1.82) is 0 Å². The molecule has 4 aromatic heterocycles. The van der Waals surface area contributed by atoms with E-state index < -0.39 is 0 Å². The van der Waals surface area contributed by atoms with Crippen LogP contribution < -0.4 is 16.0 Å². The Hall–Kier alpha value is -3.43. The lowest BCUT2D eigenvalue weighted by Crippen LogP contribution is -2.56. The third kappa shape index (κ3) is 3.05. The summed E-state index contributed by atoms with van der Waals surface area (Å²) in [5, 5.41) is 6.05. The molecule has 1 aliphatic rings. The molecule has 9 heteroatoms. The number of hydrogen-bond acceptors (Lipinski definition) is 8. The molecule has 4 N–H and O–H groups in total. The molecule has 5 aromatic rings. The van der Waals surface area contributed by atoms with Gasteiger partial charge in [0.25, 0.3) is 0 Å². The number of pyridine rings is 2. The van der Waals surface area contributed by atoms with Crippen LogP contribution >= 0.6 is 11.8 Å². The van der Waals surface area contributed by atoms with Crippen LogP contribution in [0.25, 0.3) is 33.0 Å². The van der Waals surface area contributed by atoms with Crippen LogP contribution in [0.5, 0.6) is 0 Å². The summed E-state index contributed by atoms with van der Waals surface area (Å²) in [6.45, 7) is 1.58. The zero-order chi connectivity index (χ0) is 20.9. The van der Waals surface area contributed by atoms with Crippen molar-refractivity contribution in [3.63, 3.8) is 0 Å². The van der Waals surface area contributed by atoms with Crippen molar-refractivity contribution in [2.45, 2.75) is 16.1 Å². The molecule has 5 heterocycles. The summed E-state index contributed by atoms with van der Waals surface area (Å²) < 4.78 is 0. The highest BCUT2D eigenvalue weighted by atomic mass is 32.2. The molecule has 0 spiro atoms. The Morgan fingerprint density at radius 1 is 1.13 bits per heavy atom. The summed E-state index contributed by atoms with van der Waals surface area (Å²) in [7, 11) is 1.92. The quantitative estimate of drug-likeness (QED) is 0.374. The number of hydrogen-bond donors (Lipinski definition) is 3. The zero-order valence-corrected chi connectivity index (χ0v) is 17.6. The molecular weight excluding hydrogens is 408 g/mol. The van der Waals surface area contributed by atoms with E-state index >= 15 is 0 Å². The van der Waals surface area contributed by atoms with Crippen LogP contribution in [0.4, 0.5) is 11.5 Å². The van der Waals surface area contributed by atoms with Gasteiger partial charge in [0.15, 0.2) is 5.16 Å². The van der Waals surface area contributed by atoms with Gasteiger partial charge in [-0.2, -0.15) is 0 Å². The smallest absolute Gasteiger partial charge is 0.196 e. The van der Waals surface area contributed by atoms with E-state index in [4.69, 9.17) is 15.7 Å². The first-order valence-corrected chi connectivity index (χ1v) is 10.9. The van der Waals surface area contributed by atoms with Gasteiger partial charge in [-0.15, -0.1) is 0 Å². The number of fused-ring (bicyclic) bond motifs is 4. The Balaban J connectivity index is 1.50. The second-order valence-electron chi connectivity index (χ2n) is 7.64. The van der Waals surface area contributed by atoms with Crippen molar-refractivity contribution in [2.75, 3.05) is 30.4 Å². The summed E-state index contributed by atoms with van der Waals surface area (Å²) in [5.41, 5.74) is 10.7. The number of anilines is 2. The van der Waals surface area contributed by atoms with Crippen LogP contribution in [0.3, 0.4) is 0 Å². The first-order valence-electron chi connectivity index (χ1n) is 10.1. The number of aromatic amines is 1. The molecule has 1 aromatic carbocycles. The number of rotatable bonds is 4. The van der Waals surface area contributed by atoms with E-state index in [0.29, 0.717) is 5.16 Å². The highest BCUT2D eigenvalue weighted by Gasteiger charge is 2.28. The third-order valence-corrected chi connectivity index (χ3v) is 6.38. The lowest BCUT2D eigenvalue weighted by atomic mass is 10.1. The van der Waals surface area contributed by atoms with E-state index in [2.05, 4.69) is 31.2 Å². The van der Waals surface area contributed by atoms with E-state index in [0.717, 1.165) is 62.5 Å². The molecule has 1 aliphatic heterocycles. The van der Waals surface area contributed by atoms with Gasteiger partial charge in [-0.25, -0.2) is 9.97 Å². The molecule has 8 nitrogen and oxygen atoms in total. The van der Waals surface area contributed by atoms with E-state index in [1.165, 1.54) is 11.8 Å². The maximum atomic E-state index is 6.08. The summed E-state index contributed by atoms with van der Waals surface area (Å²) in [6, 6.07) is 12.2. The van der Waals surface area contributed by atoms with Crippen LogP contribution in [0.1, 0.15) is 0 Å². The van der Waals surface area contributed by atoms with Gasteiger partial charge in [-0.1, -0.05) is 12.1 Å². The standard InChI is InChI=1S/C22H20N8S/c1-24-16-5-2-4-14-18-20(27-19(14)16)28-22(29-21(18)30-10-12(23)11-30)31-13-8-17-15(26-9-13)6-3-7-25-17/h2-9,12,24H,10-11,23H2,1H3,(H,27,28,29). The number of nitrogens with one attached hydrogen (secondary N) is 2. The highest BCUT2D eigenvalue weighted by molar-refractivity contribution is 7.99. The molecule has 0 unspecified atom stereocenters. The normalized spacial score (nSPS) is 14.5. The Morgan fingerprint density at radius 2 is 2.03 bits per heavy atom. The molecule has 0 aliphatic carbocycles. The Labute approximate surface area is 182 Å². The molecular formula is C22H20N8S. The van der Waals surface area contributed by atoms with Crippen molar-refractivity contribution in [3.8, 4) is 0 Å². The van der Waals surface area contributed by atoms with Crippen molar-refractivity contribution in [3.05, 3.63) is 48.8 Å². The lowest BCUT2D eigenvalue weighted by molar-refractivity contribution is 0.514. The fourth-order valence-corrected chi connectivity index (χ4v) is 4.80. The maximum Gasteiger partial charge on any atom is 0.196 e. The summed E-state index contributed by atoms with van der Waals surface area (Å²) >= 11 is 1.49. The highest BCUT2D eigenvalue weighted by Crippen LogP contribution is 2.38. The van der Waals surface area contributed by atoms with Crippen molar-refractivity contribution >= 4 is 56.2 Å². The fourth-order valence-electron chi connectivity index (χ4n) is 4.05. The van der Waals surface area contributed by atoms with Gasteiger partial charge in [0.1, 0.15) is 11.5 Å². The van der Waals surface area contributed by atoms with Gasteiger partial charge < -0.3 is 20.9 Å². The average Bonchev–Trinajstić information content (AvgIpc) is 3.15. The lowest BCUT2D eigenvalue weighted by Gasteiger charge is -2.38. The van der Waals surface area contributed by atoms with Crippen LogP contribution in [0, 0.1) is 0 Å². The number of nitrogens with zero attached hydrogens (tertiary/aromatic N) is 5. The van der Waals surface area contributed by atoms with Gasteiger partial charge in [-0.05, 0) is 36.0 Å². The van der Waals surface area contributed by atoms with E-state index in [9.17, 15) is 0 Å². The summed E-state index contributed by atoms with van der Waals surface area (Å²) in [6.07, 6.45) is 3.61. The molecule has 0 radical (unpaired) electrons. The Bertz CT molecular complexity index is 1440. The molecule has 0 saturated carbocycles. The topological polar surface area (TPSA) is 109 Å². The second-order valence-corrected chi connectivity index (χ2v) is 8.68. The first kappa shape index (κ1) is 18.3. The van der Waals surface area contributed by atoms with Gasteiger partial charge >= 0.3 is 0 Å². The molecule has 154 valence electrons. The SMILES string of the molecule is CNc1cccc2c1[nH]c1nc(Sc3cnc4cccnc4c3)nc(N3CC(N)C3)c12. The average molecular weight is 429 g/mol. The summed E-state index contributed by atoms with van der Waals surface area (Å²) in [5.74, 6) is 0.917. The summed E-state index contributed by atoms with van der Waals surface area (Å²) in [4.78, 5) is 25.4. The number of H-pyrrole nitrogens is 1. The number of aromatic nitrogens is 5. The largest absolute Gasteiger partial charge is 0.386 e. The number of benzene rings is 1. The van der Waals surface area contributed by atoms with Crippen molar-refractivity contribution < 1.29 is 0 Å². The van der Waals surface area contributed by atoms with Gasteiger partial charge in [-0.3, -0.25) is 9.97 Å². The van der Waals surface area contributed by atoms with E-state index in [1.54, 1.807) is 6.20 Å². The minimum atomic E-state index is 0.176. The monoisotopic (exact) mass is 428 g/mol. The Morgan fingerprint density at radius 3 is 2.87 bits per heavy atom. The second kappa shape index (κ2) is 7.07. The van der Waals surface area contributed by atoms with Gasteiger partial charge in [0.2, 0.25) is 0 Å².